The molecule has 8 nitrogen and oxygen atoms in total. The normalized spacial score (nSPS) is 17.6. The van der Waals surface area contributed by atoms with Crippen LogP contribution in [0.4, 0.5) is 5.95 Å². The smallest absolute Gasteiger partial charge is 0.289 e. The molecule has 1 amide bonds. The zero-order chi connectivity index (χ0) is 23.5. The van der Waals surface area contributed by atoms with Crippen LogP contribution in [0.1, 0.15) is 60.4 Å². The molecule has 0 spiro atoms. The van der Waals surface area contributed by atoms with Gasteiger partial charge in [0, 0.05) is 25.7 Å². The Bertz CT molecular complexity index is 1040. The van der Waals surface area contributed by atoms with Crippen molar-refractivity contribution in [2.24, 2.45) is 0 Å². The van der Waals surface area contributed by atoms with Gasteiger partial charge in [-0.25, -0.2) is 8.42 Å². The fourth-order valence-corrected chi connectivity index (χ4v) is 6.15. The fourth-order valence-electron chi connectivity index (χ4n) is 4.37. The highest BCUT2D eigenvalue weighted by Gasteiger charge is 2.33. The zero-order valence-electron chi connectivity index (χ0n) is 19.8. The van der Waals surface area contributed by atoms with Gasteiger partial charge in [0.15, 0.2) is 9.84 Å². The molecule has 2 heterocycles. The van der Waals surface area contributed by atoms with Gasteiger partial charge in [-0.2, -0.15) is 0 Å². The summed E-state index contributed by atoms with van der Waals surface area (Å²) in [4.78, 5) is 14.9. The minimum Gasteiger partial charge on any atom is -0.347 e. The molecule has 1 unspecified atom stereocenters. The van der Waals surface area contributed by atoms with Gasteiger partial charge < -0.3 is 10.2 Å². The molecule has 1 N–H and O–H groups in total. The third-order valence-corrected chi connectivity index (χ3v) is 7.98. The third kappa shape index (κ3) is 5.68. The van der Waals surface area contributed by atoms with Crippen LogP contribution in [0.15, 0.2) is 18.2 Å². The maximum Gasteiger partial charge on any atom is 0.289 e. The van der Waals surface area contributed by atoms with E-state index in [4.69, 9.17) is 0 Å². The van der Waals surface area contributed by atoms with Gasteiger partial charge in [0.05, 0.1) is 11.5 Å². The highest BCUT2D eigenvalue weighted by Crippen LogP contribution is 2.23. The lowest BCUT2D eigenvalue weighted by Crippen LogP contribution is -2.37. The third-order valence-electron chi connectivity index (χ3n) is 6.23. The number of sulfone groups is 1. The van der Waals surface area contributed by atoms with Crippen LogP contribution in [-0.4, -0.2) is 59.7 Å². The first-order chi connectivity index (χ1) is 15.1. The van der Waals surface area contributed by atoms with Crippen LogP contribution in [0, 0.1) is 13.8 Å². The van der Waals surface area contributed by atoms with E-state index in [1.54, 1.807) is 0 Å². The monoisotopic (exact) mass is 461 g/mol. The second-order valence-electron chi connectivity index (χ2n) is 8.88. The van der Waals surface area contributed by atoms with Gasteiger partial charge in [0.1, 0.15) is 0 Å². The molecule has 1 aromatic heterocycles. The summed E-state index contributed by atoms with van der Waals surface area (Å²) in [6, 6.07) is 6.34. The van der Waals surface area contributed by atoms with E-state index in [0.717, 1.165) is 19.3 Å². The number of benzene rings is 1. The number of aryl methyl sites for hydroxylation is 3. The average Bonchev–Trinajstić information content (AvgIpc) is 3.32. The summed E-state index contributed by atoms with van der Waals surface area (Å²) in [6.45, 7) is 8.76. The highest BCUT2D eigenvalue weighted by molar-refractivity contribution is 7.91. The first-order valence-electron chi connectivity index (χ1n) is 11.4. The predicted octanol–water partition coefficient (Wildman–Crippen LogP) is 2.68. The van der Waals surface area contributed by atoms with E-state index in [-0.39, 0.29) is 35.3 Å². The Morgan fingerprint density at radius 2 is 1.84 bits per heavy atom. The second kappa shape index (κ2) is 10.0. The number of carbonyl (C=O) groups is 1. The van der Waals surface area contributed by atoms with Gasteiger partial charge in [-0.15, -0.1) is 10.2 Å². The van der Waals surface area contributed by atoms with Crippen LogP contribution >= 0.6 is 0 Å². The highest BCUT2D eigenvalue weighted by atomic mass is 32.2. The minimum absolute atomic E-state index is 0.0771. The van der Waals surface area contributed by atoms with E-state index in [9.17, 15) is 13.2 Å². The fraction of sp³-hybridized carbons (Fsp3) is 0.609. The largest absolute Gasteiger partial charge is 0.347 e. The molecule has 32 heavy (non-hydrogen) atoms. The van der Waals surface area contributed by atoms with Gasteiger partial charge in [-0.1, -0.05) is 43.2 Å². The van der Waals surface area contributed by atoms with Crippen molar-refractivity contribution in [2.45, 2.75) is 72.0 Å². The Labute approximate surface area is 191 Å². The first-order valence-corrected chi connectivity index (χ1v) is 13.2. The van der Waals surface area contributed by atoms with Crippen molar-refractivity contribution in [3.63, 3.8) is 0 Å². The second-order valence-corrected chi connectivity index (χ2v) is 11.1. The van der Waals surface area contributed by atoms with Crippen molar-refractivity contribution in [3.8, 4) is 0 Å². The molecule has 0 aliphatic carbocycles. The molecule has 1 aliphatic heterocycles. The standard InChI is InChI=1S/C23H35N5O3S/c1-6-19(7-2)24-22(29)21-25-26-23(27(5)20-9-11-32(30,31)15-20)28(21)10-8-18-13-16(3)12-17(4)14-18/h12-14,19-20H,6-11,15H2,1-5H3,(H,24,29). The van der Waals surface area contributed by atoms with Crippen molar-refractivity contribution >= 4 is 21.7 Å². The molecule has 0 radical (unpaired) electrons. The number of amides is 1. The Kier molecular flexibility index (Phi) is 7.59. The summed E-state index contributed by atoms with van der Waals surface area (Å²) in [7, 11) is -1.20. The Hall–Kier alpha value is -2.42. The molecule has 1 atom stereocenters. The summed E-state index contributed by atoms with van der Waals surface area (Å²) in [6.07, 6.45) is 2.95. The quantitative estimate of drug-likeness (QED) is 0.617. The van der Waals surface area contributed by atoms with E-state index in [1.807, 2.05) is 30.4 Å². The summed E-state index contributed by atoms with van der Waals surface area (Å²) in [5, 5.41) is 11.6. The van der Waals surface area contributed by atoms with E-state index >= 15 is 0 Å². The SMILES string of the molecule is CCC(CC)NC(=O)c1nnc(N(C)C2CCS(=O)(=O)C2)n1CCc1cc(C)cc(C)c1. The molecule has 2 aromatic rings. The van der Waals surface area contributed by atoms with Gasteiger partial charge in [0.2, 0.25) is 11.8 Å². The predicted molar refractivity (Wildman–Crippen MR) is 127 cm³/mol. The van der Waals surface area contributed by atoms with E-state index in [0.29, 0.717) is 18.9 Å². The van der Waals surface area contributed by atoms with Crippen LogP contribution in [0.25, 0.3) is 0 Å². The van der Waals surface area contributed by atoms with Gasteiger partial charge in [0.25, 0.3) is 5.91 Å². The molecule has 0 bridgehead atoms. The molecule has 176 valence electrons. The van der Waals surface area contributed by atoms with Crippen molar-refractivity contribution in [1.82, 2.24) is 20.1 Å². The summed E-state index contributed by atoms with van der Waals surface area (Å²) >= 11 is 0. The summed E-state index contributed by atoms with van der Waals surface area (Å²) in [5.41, 5.74) is 3.58. The van der Waals surface area contributed by atoms with Crippen LogP contribution in [0.3, 0.4) is 0 Å². The Morgan fingerprint density at radius 1 is 1.19 bits per heavy atom. The number of nitrogens with zero attached hydrogens (tertiary/aromatic N) is 4. The minimum atomic E-state index is -3.04. The lowest BCUT2D eigenvalue weighted by molar-refractivity contribution is 0.0919. The van der Waals surface area contributed by atoms with Crippen molar-refractivity contribution < 1.29 is 13.2 Å². The molecule has 1 aliphatic rings. The molecule has 9 heteroatoms. The van der Waals surface area contributed by atoms with Gasteiger partial charge in [-0.3, -0.25) is 9.36 Å². The number of anilines is 1. The van der Waals surface area contributed by atoms with Gasteiger partial charge >= 0.3 is 0 Å². The molecular weight excluding hydrogens is 426 g/mol. The molecule has 1 saturated heterocycles. The Balaban J connectivity index is 1.90. The van der Waals surface area contributed by atoms with Crippen LogP contribution in [-0.2, 0) is 22.8 Å². The molecular formula is C23H35N5O3S. The number of hydrogen-bond donors (Lipinski definition) is 1. The maximum absolute atomic E-state index is 13.0. The number of rotatable bonds is 9. The lowest BCUT2D eigenvalue weighted by Gasteiger charge is -2.25. The number of aromatic nitrogens is 3. The Morgan fingerprint density at radius 3 is 2.41 bits per heavy atom. The number of hydrogen-bond acceptors (Lipinski definition) is 6. The van der Waals surface area contributed by atoms with Crippen molar-refractivity contribution in [3.05, 3.63) is 40.7 Å². The number of carbonyl (C=O) groups excluding carboxylic acids is 1. The van der Waals surface area contributed by atoms with Gasteiger partial charge in [-0.05, 0) is 45.1 Å². The average molecular weight is 462 g/mol. The summed E-state index contributed by atoms with van der Waals surface area (Å²) in [5.74, 6) is 0.837. The van der Waals surface area contributed by atoms with Crippen molar-refractivity contribution in [1.29, 1.82) is 0 Å². The van der Waals surface area contributed by atoms with Crippen LogP contribution in [0.5, 0.6) is 0 Å². The topological polar surface area (TPSA) is 97.2 Å². The molecule has 3 rings (SSSR count). The maximum atomic E-state index is 13.0. The van der Waals surface area contributed by atoms with Crippen molar-refractivity contribution in [2.75, 3.05) is 23.5 Å². The van der Waals surface area contributed by atoms with E-state index < -0.39 is 9.84 Å². The molecule has 1 fully saturated rings. The van der Waals surface area contributed by atoms with Crippen LogP contribution < -0.4 is 10.2 Å². The van der Waals surface area contributed by atoms with E-state index in [1.165, 1.54) is 16.7 Å². The summed E-state index contributed by atoms with van der Waals surface area (Å²) < 4.78 is 25.8. The van der Waals surface area contributed by atoms with Crippen LogP contribution in [0.2, 0.25) is 0 Å². The lowest BCUT2D eigenvalue weighted by atomic mass is 10.1. The van der Waals surface area contributed by atoms with E-state index in [2.05, 4.69) is 47.6 Å². The zero-order valence-corrected chi connectivity index (χ0v) is 20.6. The molecule has 1 aromatic carbocycles. The molecule has 0 saturated carbocycles. The first kappa shape index (κ1) is 24.2. The number of nitrogens with one attached hydrogen (secondary N) is 1.